The molecule has 0 amide bonds. The standard InChI is InChI=1S/C20H29NO12.C7H8O3S/c1-29-18(28)8-2-4-9(5-3-8)30-19-16(27)14(25)17(10(6-21)31-19)33-20-15(26)13(24)12(23)11(7-22)32-20;1-6-2-4-7(5-3-6)11(8,9)10/h2-5,10-17,19-20,22-27H,6-7,21H2,1H3;2-5H,1H3,(H,8,9,10)/t10-,11-,12+,13+,14-,15-,16-,17-,19-,20+;/m1./s1. The lowest BCUT2D eigenvalue weighted by atomic mass is 9.97. The summed E-state index contributed by atoms with van der Waals surface area (Å²) < 4.78 is 56.2. The SMILES string of the molecule is COC(=O)c1ccc(O[C@@H]2O[C@H](CN)[C@@H](O[C@@H]3O[C@H](CO)[C@H](O)[C@H](O)[C@H]3O)[C@H](O)[C@H]2O)cc1.Cc1ccc(S(=O)(=O)O)cc1. The van der Waals surface area contributed by atoms with Gasteiger partial charge in [0.2, 0.25) is 6.29 Å². The van der Waals surface area contributed by atoms with Crippen molar-refractivity contribution in [1.29, 1.82) is 0 Å². The van der Waals surface area contributed by atoms with Crippen LogP contribution in [0.3, 0.4) is 0 Å². The van der Waals surface area contributed by atoms with Crippen LogP contribution in [0.15, 0.2) is 53.4 Å². The quantitative estimate of drug-likeness (QED) is 0.110. The van der Waals surface area contributed by atoms with Crippen LogP contribution in [0, 0.1) is 6.92 Å². The van der Waals surface area contributed by atoms with Crippen molar-refractivity contribution in [2.75, 3.05) is 20.3 Å². The molecule has 2 fully saturated rings. The van der Waals surface area contributed by atoms with Gasteiger partial charge in [-0.3, -0.25) is 4.55 Å². The Bertz CT molecular complexity index is 1310. The number of benzene rings is 2. The lowest BCUT2D eigenvalue weighted by molar-refractivity contribution is -0.349. The summed E-state index contributed by atoms with van der Waals surface area (Å²) in [4.78, 5) is 11.5. The third-order valence-corrected chi connectivity index (χ3v) is 7.73. The topological polar surface area (TPSA) is 265 Å². The van der Waals surface area contributed by atoms with Crippen molar-refractivity contribution in [3.8, 4) is 5.75 Å². The fraction of sp³-hybridized carbons (Fsp3) is 0.519. The minimum Gasteiger partial charge on any atom is -0.465 e. The van der Waals surface area contributed by atoms with Crippen molar-refractivity contribution in [2.24, 2.45) is 5.73 Å². The molecule has 0 saturated carbocycles. The number of rotatable bonds is 8. The first kappa shape index (κ1) is 35.7. The molecule has 2 saturated heterocycles. The van der Waals surface area contributed by atoms with Gasteiger partial charge in [0.25, 0.3) is 10.1 Å². The lowest BCUT2D eigenvalue weighted by Gasteiger charge is -2.46. The Kier molecular flexibility index (Phi) is 12.6. The molecule has 0 spiro atoms. The number of methoxy groups -OCH3 is 1. The zero-order valence-electron chi connectivity index (χ0n) is 23.7. The summed E-state index contributed by atoms with van der Waals surface area (Å²) >= 11 is 0. The fourth-order valence-electron chi connectivity index (χ4n) is 4.33. The third-order valence-electron chi connectivity index (χ3n) is 6.86. The molecule has 17 heteroatoms. The molecule has 246 valence electrons. The third kappa shape index (κ3) is 8.68. The molecule has 0 aromatic heterocycles. The largest absolute Gasteiger partial charge is 0.465 e. The predicted molar refractivity (Wildman–Crippen MR) is 148 cm³/mol. The van der Waals surface area contributed by atoms with E-state index in [4.69, 9.17) is 29.2 Å². The molecule has 2 aromatic rings. The van der Waals surface area contributed by atoms with Gasteiger partial charge in [-0.25, -0.2) is 4.79 Å². The Morgan fingerprint density at radius 1 is 0.841 bits per heavy atom. The molecule has 10 atom stereocenters. The molecule has 4 rings (SSSR count). The van der Waals surface area contributed by atoms with Gasteiger partial charge in [-0.2, -0.15) is 8.42 Å². The van der Waals surface area contributed by atoms with Gasteiger partial charge in [0.05, 0.1) is 24.2 Å². The van der Waals surface area contributed by atoms with E-state index < -0.39 is 84.1 Å². The molecule has 0 bridgehead atoms. The maximum Gasteiger partial charge on any atom is 0.337 e. The van der Waals surface area contributed by atoms with Crippen LogP contribution < -0.4 is 10.5 Å². The summed E-state index contributed by atoms with van der Waals surface area (Å²) in [6.07, 6.45) is -14.7. The summed E-state index contributed by atoms with van der Waals surface area (Å²) in [5.74, 6) is -0.315. The van der Waals surface area contributed by atoms with Crippen LogP contribution in [0.2, 0.25) is 0 Å². The highest BCUT2D eigenvalue weighted by Crippen LogP contribution is 2.30. The van der Waals surface area contributed by atoms with E-state index in [1.54, 1.807) is 12.1 Å². The number of aliphatic hydroxyl groups is 6. The normalized spacial score (nSPS) is 32.2. The van der Waals surface area contributed by atoms with Gasteiger partial charge >= 0.3 is 5.97 Å². The molecule has 16 nitrogen and oxygen atoms in total. The van der Waals surface area contributed by atoms with E-state index in [0.29, 0.717) is 0 Å². The first-order chi connectivity index (χ1) is 20.7. The zero-order chi connectivity index (χ0) is 32.8. The summed E-state index contributed by atoms with van der Waals surface area (Å²) in [5, 5.41) is 60.5. The van der Waals surface area contributed by atoms with E-state index in [0.717, 1.165) is 5.56 Å². The molecule has 2 aromatic carbocycles. The monoisotopic (exact) mass is 647 g/mol. The summed E-state index contributed by atoms with van der Waals surface area (Å²) in [7, 11) is -2.77. The van der Waals surface area contributed by atoms with Crippen molar-refractivity contribution in [3.05, 3.63) is 59.7 Å². The van der Waals surface area contributed by atoms with E-state index in [-0.39, 0.29) is 22.8 Å². The average Bonchev–Trinajstić information content (AvgIpc) is 3.00. The van der Waals surface area contributed by atoms with Crippen LogP contribution in [0.1, 0.15) is 15.9 Å². The van der Waals surface area contributed by atoms with Crippen molar-refractivity contribution >= 4 is 16.1 Å². The smallest absolute Gasteiger partial charge is 0.337 e. The number of carbonyl (C=O) groups excluding carboxylic acids is 1. The molecule has 0 aliphatic carbocycles. The van der Waals surface area contributed by atoms with Crippen LogP contribution in [0.5, 0.6) is 5.75 Å². The Morgan fingerprint density at radius 2 is 1.41 bits per heavy atom. The highest BCUT2D eigenvalue weighted by molar-refractivity contribution is 7.85. The lowest BCUT2D eigenvalue weighted by Crippen LogP contribution is -2.65. The van der Waals surface area contributed by atoms with Gasteiger partial charge in [-0.1, -0.05) is 17.7 Å². The van der Waals surface area contributed by atoms with Gasteiger partial charge in [0.1, 0.15) is 54.6 Å². The van der Waals surface area contributed by atoms with E-state index >= 15 is 0 Å². The minimum atomic E-state index is -4.02. The molecule has 2 heterocycles. The molecule has 2 aliphatic heterocycles. The number of esters is 1. The van der Waals surface area contributed by atoms with E-state index in [2.05, 4.69) is 4.74 Å². The second kappa shape index (κ2) is 15.5. The number of aliphatic hydroxyl groups excluding tert-OH is 6. The number of hydrogen-bond acceptors (Lipinski definition) is 15. The Morgan fingerprint density at radius 3 is 1.93 bits per heavy atom. The Labute approximate surface area is 252 Å². The highest BCUT2D eigenvalue weighted by Gasteiger charge is 2.50. The van der Waals surface area contributed by atoms with Crippen LogP contribution in [0.25, 0.3) is 0 Å². The van der Waals surface area contributed by atoms with E-state index in [9.17, 15) is 43.9 Å². The van der Waals surface area contributed by atoms with Crippen molar-refractivity contribution in [2.45, 2.75) is 73.2 Å². The maximum atomic E-state index is 11.5. The Hall–Kier alpha value is -2.78. The average molecular weight is 648 g/mol. The molecule has 44 heavy (non-hydrogen) atoms. The second-order valence-corrected chi connectivity index (χ2v) is 11.4. The maximum absolute atomic E-state index is 11.5. The summed E-state index contributed by atoms with van der Waals surface area (Å²) in [6.45, 7) is 0.989. The van der Waals surface area contributed by atoms with Crippen molar-refractivity contribution < 1.29 is 72.1 Å². The molecule has 9 N–H and O–H groups in total. The van der Waals surface area contributed by atoms with Crippen LogP contribution in [-0.2, 0) is 29.1 Å². The van der Waals surface area contributed by atoms with Gasteiger partial charge in [-0.15, -0.1) is 0 Å². The number of carbonyl (C=O) groups is 1. The first-order valence-electron chi connectivity index (χ1n) is 13.3. The zero-order valence-corrected chi connectivity index (χ0v) is 24.5. The van der Waals surface area contributed by atoms with Gasteiger partial charge in [0, 0.05) is 6.54 Å². The molecular weight excluding hydrogens is 610 g/mol. The second-order valence-electron chi connectivity index (χ2n) is 9.98. The van der Waals surface area contributed by atoms with Crippen LogP contribution >= 0.6 is 0 Å². The van der Waals surface area contributed by atoms with Crippen molar-refractivity contribution in [1.82, 2.24) is 0 Å². The first-order valence-corrected chi connectivity index (χ1v) is 14.7. The summed E-state index contributed by atoms with van der Waals surface area (Å²) in [6, 6.07) is 11.8. The van der Waals surface area contributed by atoms with E-state index in [1.807, 2.05) is 6.92 Å². The van der Waals surface area contributed by atoms with Crippen molar-refractivity contribution in [3.63, 3.8) is 0 Å². The number of ether oxygens (including phenoxy) is 5. The van der Waals surface area contributed by atoms with Gasteiger partial charge in [0.15, 0.2) is 6.29 Å². The molecular formula is C27H37NO15S. The van der Waals surface area contributed by atoms with Gasteiger partial charge < -0.3 is 60.1 Å². The molecule has 2 aliphatic rings. The van der Waals surface area contributed by atoms with Crippen LogP contribution in [0.4, 0.5) is 0 Å². The van der Waals surface area contributed by atoms with E-state index in [1.165, 1.54) is 43.5 Å². The minimum absolute atomic E-state index is 0.0666. The summed E-state index contributed by atoms with van der Waals surface area (Å²) in [5.41, 5.74) is 6.97. The number of nitrogens with two attached hydrogens (primary N) is 1. The number of hydrogen-bond donors (Lipinski definition) is 8. The van der Waals surface area contributed by atoms with Gasteiger partial charge in [-0.05, 0) is 43.3 Å². The van der Waals surface area contributed by atoms with Crippen LogP contribution in [-0.4, -0.2) is 131 Å². The predicted octanol–water partition coefficient (Wildman–Crippen LogP) is -2.32. The number of aryl methyl sites for hydroxylation is 1. The fourth-order valence-corrected chi connectivity index (χ4v) is 4.81. The molecule has 0 unspecified atom stereocenters. The highest BCUT2D eigenvalue weighted by atomic mass is 32.2. The Balaban J connectivity index is 0.000000404. The molecule has 0 radical (unpaired) electrons.